The number of nitrogens with one attached hydrogen (secondary N) is 2. The molecule has 1 aromatic carbocycles. The average molecular weight is 373 g/mol. The largest absolute Gasteiger partial charge is 0.416 e. The molecule has 2 atom stereocenters. The average Bonchev–Trinajstić information content (AvgIpc) is 2.40. The minimum absolute atomic E-state index is 0. The second-order valence-electron chi connectivity index (χ2n) is 5.67. The van der Waals surface area contributed by atoms with E-state index in [2.05, 4.69) is 10.0 Å². The Morgan fingerprint density at radius 2 is 1.96 bits per heavy atom. The third-order valence-corrected chi connectivity index (χ3v) is 5.40. The Bertz CT molecular complexity index is 650. The molecule has 0 aliphatic carbocycles. The molecule has 1 saturated heterocycles. The number of hydrogen-bond acceptors (Lipinski definition) is 3. The Labute approximate surface area is 140 Å². The third kappa shape index (κ3) is 4.82. The summed E-state index contributed by atoms with van der Waals surface area (Å²) in [4.78, 5) is -0.351. The molecule has 1 aromatic rings. The van der Waals surface area contributed by atoms with Crippen molar-refractivity contribution < 1.29 is 21.6 Å². The summed E-state index contributed by atoms with van der Waals surface area (Å²) in [7, 11) is -3.97. The van der Waals surface area contributed by atoms with Gasteiger partial charge in [0.05, 0.1) is 10.5 Å². The van der Waals surface area contributed by atoms with Gasteiger partial charge < -0.3 is 5.32 Å². The van der Waals surface area contributed by atoms with Gasteiger partial charge in [-0.05, 0) is 50.0 Å². The van der Waals surface area contributed by atoms with Crippen molar-refractivity contribution in [1.82, 2.24) is 10.0 Å². The summed E-state index contributed by atoms with van der Waals surface area (Å²) in [6, 6.07) is 2.81. The topological polar surface area (TPSA) is 58.2 Å². The van der Waals surface area contributed by atoms with E-state index in [1.807, 2.05) is 6.92 Å². The summed E-state index contributed by atoms with van der Waals surface area (Å²) < 4.78 is 65.9. The quantitative estimate of drug-likeness (QED) is 0.857. The highest BCUT2D eigenvalue weighted by Crippen LogP contribution is 2.33. The first kappa shape index (κ1) is 20.2. The van der Waals surface area contributed by atoms with Gasteiger partial charge >= 0.3 is 6.18 Å². The van der Waals surface area contributed by atoms with Gasteiger partial charge in [0.2, 0.25) is 10.0 Å². The molecule has 2 rings (SSSR count). The molecule has 2 unspecified atom stereocenters. The normalized spacial score (nSPS) is 22.5. The molecule has 2 N–H and O–H groups in total. The van der Waals surface area contributed by atoms with Crippen molar-refractivity contribution in [3.63, 3.8) is 0 Å². The van der Waals surface area contributed by atoms with E-state index < -0.39 is 21.8 Å². The third-order valence-electron chi connectivity index (χ3n) is 3.92. The molecule has 1 aliphatic heterocycles. The number of sulfonamides is 1. The van der Waals surface area contributed by atoms with Gasteiger partial charge in [0.25, 0.3) is 0 Å². The Balaban J connectivity index is 0.00000264. The van der Waals surface area contributed by atoms with Crippen molar-refractivity contribution in [2.75, 3.05) is 13.1 Å². The molecule has 0 saturated carbocycles. The minimum atomic E-state index is -4.57. The van der Waals surface area contributed by atoms with Crippen molar-refractivity contribution in [3.05, 3.63) is 29.3 Å². The zero-order valence-corrected chi connectivity index (χ0v) is 14.4. The van der Waals surface area contributed by atoms with Crippen LogP contribution in [0.3, 0.4) is 0 Å². The van der Waals surface area contributed by atoms with Crippen molar-refractivity contribution in [1.29, 1.82) is 0 Å². The van der Waals surface area contributed by atoms with Crippen LogP contribution in [0.25, 0.3) is 0 Å². The molecule has 0 aromatic heterocycles. The molecule has 1 heterocycles. The van der Waals surface area contributed by atoms with Gasteiger partial charge in [0.15, 0.2) is 0 Å². The van der Waals surface area contributed by atoms with E-state index in [0.717, 1.165) is 0 Å². The number of halogens is 4. The summed E-state index contributed by atoms with van der Waals surface area (Å²) in [5.41, 5.74) is -0.921. The summed E-state index contributed by atoms with van der Waals surface area (Å²) in [6.07, 6.45) is -3.96. The number of alkyl halides is 3. The first-order valence-electron chi connectivity index (χ1n) is 7.02. The van der Waals surface area contributed by atoms with Crippen molar-refractivity contribution in [2.24, 2.45) is 5.92 Å². The van der Waals surface area contributed by atoms with Gasteiger partial charge in [-0.2, -0.15) is 13.2 Å². The van der Waals surface area contributed by atoms with Crippen LogP contribution in [0.5, 0.6) is 0 Å². The molecular formula is C14H20ClF3N2O2S. The predicted molar refractivity (Wildman–Crippen MR) is 84.2 cm³/mol. The van der Waals surface area contributed by atoms with Crippen LogP contribution in [0, 0.1) is 12.8 Å². The fraction of sp³-hybridized carbons (Fsp3) is 0.571. The highest BCUT2D eigenvalue weighted by Gasteiger charge is 2.34. The van der Waals surface area contributed by atoms with E-state index in [9.17, 15) is 21.6 Å². The smallest absolute Gasteiger partial charge is 0.316 e. The molecule has 0 bridgehead atoms. The van der Waals surface area contributed by atoms with Crippen LogP contribution >= 0.6 is 12.4 Å². The minimum Gasteiger partial charge on any atom is -0.316 e. The Morgan fingerprint density at radius 1 is 1.30 bits per heavy atom. The van der Waals surface area contributed by atoms with Crippen LogP contribution < -0.4 is 10.0 Å². The molecule has 23 heavy (non-hydrogen) atoms. The lowest BCUT2D eigenvalue weighted by atomic mass is 9.97. The number of rotatable bonds is 3. The highest BCUT2D eigenvalue weighted by molar-refractivity contribution is 7.89. The SMILES string of the molecule is Cc1ccc(S(=O)(=O)NC2CCNCC2C)cc1C(F)(F)F.Cl. The monoisotopic (exact) mass is 372 g/mol. The van der Waals surface area contributed by atoms with E-state index in [-0.39, 0.29) is 34.8 Å². The molecule has 9 heteroatoms. The lowest BCUT2D eigenvalue weighted by Gasteiger charge is -2.30. The summed E-state index contributed by atoms with van der Waals surface area (Å²) in [5.74, 6) is 0.0797. The summed E-state index contributed by atoms with van der Waals surface area (Å²) in [5, 5.41) is 3.14. The lowest BCUT2D eigenvalue weighted by molar-refractivity contribution is -0.138. The number of piperidine rings is 1. The molecule has 132 valence electrons. The molecule has 0 amide bonds. The Morgan fingerprint density at radius 3 is 2.52 bits per heavy atom. The maximum atomic E-state index is 12.9. The van der Waals surface area contributed by atoms with Crippen molar-refractivity contribution >= 4 is 22.4 Å². The van der Waals surface area contributed by atoms with E-state index in [0.29, 0.717) is 25.6 Å². The van der Waals surface area contributed by atoms with Gasteiger partial charge in [-0.3, -0.25) is 0 Å². The second kappa shape index (κ2) is 7.38. The van der Waals surface area contributed by atoms with Crippen LogP contribution in [-0.4, -0.2) is 27.5 Å². The van der Waals surface area contributed by atoms with E-state index in [1.165, 1.54) is 19.1 Å². The number of hydrogen-bond donors (Lipinski definition) is 2. The molecular weight excluding hydrogens is 353 g/mol. The van der Waals surface area contributed by atoms with Crippen molar-refractivity contribution in [3.8, 4) is 0 Å². The number of benzene rings is 1. The zero-order valence-electron chi connectivity index (χ0n) is 12.8. The molecule has 0 spiro atoms. The second-order valence-corrected chi connectivity index (χ2v) is 7.39. The molecule has 0 radical (unpaired) electrons. The standard InChI is InChI=1S/C14H19F3N2O2S.ClH/c1-9-3-4-11(7-12(9)14(15,16)17)22(20,21)19-13-5-6-18-8-10(13)2;/h3-4,7,10,13,18-19H,5-6,8H2,1-2H3;1H. The fourth-order valence-corrected chi connectivity index (χ4v) is 3.94. The molecule has 4 nitrogen and oxygen atoms in total. The van der Waals surface area contributed by atoms with Crippen LogP contribution in [-0.2, 0) is 16.2 Å². The maximum absolute atomic E-state index is 12.9. The fourth-order valence-electron chi connectivity index (χ4n) is 2.53. The van der Waals surface area contributed by atoms with Gasteiger partial charge in [-0.1, -0.05) is 13.0 Å². The lowest BCUT2D eigenvalue weighted by Crippen LogP contribution is -2.48. The van der Waals surface area contributed by atoms with Gasteiger partial charge in [0.1, 0.15) is 0 Å². The molecule has 1 aliphatic rings. The van der Waals surface area contributed by atoms with Gasteiger partial charge in [-0.25, -0.2) is 13.1 Å². The maximum Gasteiger partial charge on any atom is 0.416 e. The number of aryl methyl sites for hydroxylation is 1. The van der Waals surface area contributed by atoms with E-state index in [4.69, 9.17) is 0 Å². The van der Waals surface area contributed by atoms with Gasteiger partial charge in [-0.15, -0.1) is 12.4 Å². The summed E-state index contributed by atoms with van der Waals surface area (Å²) >= 11 is 0. The van der Waals surface area contributed by atoms with Crippen LogP contribution in [0.15, 0.2) is 23.1 Å². The van der Waals surface area contributed by atoms with E-state index in [1.54, 1.807) is 0 Å². The summed E-state index contributed by atoms with van der Waals surface area (Å²) in [6.45, 7) is 4.56. The zero-order chi connectivity index (χ0) is 16.5. The van der Waals surface area contributed by atoms with E-state index >= 15 is 0 Å². The first-order valence-corrected chi connectivity index (χ1v) is 8.50. The Kier molecular flexibility index (Phi) is 6.48. The van der Waals surface area contributed by atoms with Crippen LogP contribution in [0.2, 0.25) is 0 Å². The van der Waals surface area contributed by atoms with Crippen LogP contribution in [0.4, 0.5) is 13.2 Å². The molecule has 1 fully saturated rings. The van der Waals surface area contributed by atoms with Crippen molar-refractivity contribution in [2.45, 2.75) is 37.4 Å². The Hall–Kier alpha value is -0.830. The first-order chi connectivity index (χ1) is 10.1. The van der Waals surface area contributed by atoms with Gasteiger partial charge in [0, 0.05) is 6.04 Å². The predicted octanol–water partition coefficient (Wildman–Crippen LogP) is 2.71. The van der Waals surface area contributed by atoms with Crippen LogP contribution in [0.1, 0.15) is 24.5 Å². The highest BCUT2D eigenvalue weighted by atomic mass is 35.5.